The summed E-state index contributed by atoms with van der Waals surface area (Å²) in [5.74, 6) is 0. The standard InChI is InChI=1S/C22H16N4O3/c1-14-7-8-17-15(10-20(27)29-19(17)9-14)12-25-13-23-21-18(22(25)28)11-24-26(21)16-5-3-2-4-6-16/h2-11,13H,12H2,1H3. The fourth-order valence-electron chi connectivity index (χ4n) is 3.47. The van der Waals surface area contributed by atoms with Crippen molar-refractivity contribution >= 4 is 22.0 Å². The molecule has 0 saturated heterocycles. The van der Waals surface area contributed by atoms with Crippen LogP contribution in [0.4, 0.5) is 0 Å². The average Bonchev–Trinajstić information content (AvgIpc) is 3.15. The van der Waals surface area contributed by atoms with Gasteiger partial charge in [0.2, 0.25) is 0 Å². The number of hydrogen-bond acceptors (Lipinski definition) is 5. The predicted molar refractivity (Wildman–Crippen MR) is 109 cm³/mol. The van der Waals surface area contributed by atoms with Crippen molar-refractivity contribution in [1.29, 1.82) is 0 Å². The number of nitrogens with zero attached hydrogens (tertiary/aromatic N) is 4. The third-order valence-electron chi connectivity index (χ3n) is 4.88. The van der Waals surface area contributed by atoms with Crippen molar-refractivity contribution in [2.24, 2.45) is 0 Å². The van der Waals surface area contributed by atoms with Gasteiger partial charge in [0.15, 0.2) is 5.65 Å². The topological polar surface area (TPSA) is 82.9 Å². The largest absolute Gasteiger partial charge is 0.423 e. The number of para-hydroxylation sites is 1. The van der Waals surface area contributed by atoms with Gasteiger partial charge in [-0.1, -0.05) is 30.3 Å². The number of aryl methyl sites for hydroxylation is 1. The number of rotatable bonds is 3. The molecule has 7 nitrogen and oxygen atoms in total. The van der Waals surface area contributed by atoms with Gasteiger partial charge in [0.1, 0.15) is 17.3 Å². The molecule has 5 rings (SSSR count). The van der Waals surface area contributed by atoms with E-state index in [1.807, 2.05) is 55.5 Å². The Kier molecular flexibility index (Phi) is 3.87. The number of hydrogen-bond donors (Lipinski definition) is 0. The highest BCUT2D eigenvalue weighted by Gasteiger charge is 2.13. The SMILES string of the molecule is Cc1ccc2c(Cn3cnc4c(cnn4-c4ccccc4)c3=O)cc(=O)oc2c1. The molecular weight excluding hydrogens is 368 g/mol. The fourth-order valence-corrected chi connectivity index (χ4v) is 3.47. The molecule has 0 unspecified atom stereocenters. The summed E-state index contributed by atoms with van der Waals surface area (Å²) in [5.41, 5.74) is 2.86. The molecule has 0 aliphatic carbocycles. The average molecular weight is 384 g/mol. The summed E-state index contributed by atoms with van der Waals surface area (Å²) in [6.07, 6.45) is 3.01. The molecule has 0 fully saturated rings. The van der Waals surface area contributed by atoms with Crippen LogP contribution >= 0.6 is 0 Å². The zero-order chi connectivity index (χ0) is 20.0. The van der Waals surface area contributed by atoms with E-state index < -0.39 is 5.63 Å². The zero-order valence-corrected chi connectivity index (χ0v) is 15.6. The molecule has 0 radical (unpaired) electrons. The molecule has 0 saturated carbocycles. The van der Waals surface area contributed by atoms with E-state index in [9.17, 15) is 9.59 Å². The molecule has 7 heteroatoms. The molecule has 3 aromatic heterocycles. The highest BCUT2D eigenvalue weighted by molar-refractivity contribution is 5.81. The van der Waals surface area contributed by atoms with Crippen LogP contribution in [0, 0.1) is 6.92 Å². The van der Waals surface area contributed by atoms with E-state index in [0.29, 0.717) is 22.2 Å². The predicted octanol–water partition coefficient (Wildman–Crippen LogP) is 3.05. The van der Waals surface area contributed by atoms with Gasteiger partial charge >= 0.3 is 5.63 Å². The maximum atomic E-state index is 13.0. The lowest BCUT2D eigenvalue weighted by atomic mass is 10.1. The Bertz CT molecular complexity index is 1480. The summed E-state index contributed by atoms with van der Waals surface area (Å²) in [6, 6.07) is 16.6. The molecule has 0 bridgehead atoms. The highest BCUT2D eigenvalue weighted by Crippen LogP contribution is 2.19. The van der Waals surface area contributed by atoms with Gasteiger partial charge in [0.25, 0.3) is 5.56 Å². The van der Waals surface area contributed by atoms with Crippen molar-refractivity contribution in [3.63, 3.8) is 0 Å². The van der Waals surface area contributed by atoms with E-state index in [0.717, 1.165) is 16.6 Å². The van der Waals surface area contributed by atoms with E-state index in [4.69, 9.17) is 4.42 Å². The minimum Gasteiger partial charge on any atom is -0.423 e. The highest BCUT2D eigenvalue weighted by atomic mass is 16.4. The first-order chi connectivity index (χ1) is 14.1. The van der Waals surface area contributed by atoms with E-state index in [2.05, 4.69) is 10.1 Å². The lowest BCUT2D eigenvalue weighted by Crippen LogP contribution is -2.21. The Labute approximate surface area is 164 Å². The molecule has 5 aromatic rings. The Hall–Kier alpha value is -4.00. The third kappa shape index (κ3) is 2.93. The van der Waals surface area contributed by atoms with E-state index >= 15 is 0 Å². The number of fused-ring (bicyclic) bond motifs is 2. The molecule has 29 heavy (non-hydrogen) atoms. The second kappa shape index (κ2) is 6.56. The van der Waals surface area contributed by atoms with Crippen LogP contribution < -0.4 is 11.2 Å². The van der Waals surface area contributed by atoms with Crippen molar-refractivity contribution in [3.8, 4) is 5.69 Å². The van der Waals surface area contributed by atoms with Gasteiger partial charge in [0.05, 0.1) is 18.4 Å². The van der Waals surface area contributed by atoms with Gasteiger partial charge in [-0.3, -0.25) is 9.36 Å². The molecule has 2 aromatic carbocycles. The van der Waals surface area contributed by atoms with Crippen molar-refractivity contribution in [1.82, 2.24) is 19.3 Å². The minimum absolute atomic E-state index is 0.212. The fraction of sp³-hybridized carbons (Fsp3) is 0.0909. The zero-order valence-electron chi connectivity index (χ0n) is 15.6. The van der Waals surface area contributed by atoms with Crippen LogP contribution in [-0.2, 0) is 6.54 Å². The van der Waals surface area contributed by atoms with Crippen LogP contribution in [-0.4, -0.2) is 19.3 Å². The molecular formula is C22H16N4O3. The van der Waals surface area contributed by atoms with Crippen molar-refractivity contribution < 1.29 is 4.42 Å². The van der Waals surface area contributed by atoms with Gasteiger partial charge in [-0.2, -0.15) is 5.10 Å². The van der Waals surface area contributed by atoms with Gasteiger partial charge in [-0.25, -0.2) is 14.5 Å². The van der Waals surface area contributed by atoms with Crippen molar-refractivity contribution in [2.45, 2.75) is 13.5 Å². The molecule has 0 spiro atoms. The van der Waals surface area contributed by atoms with Gasteiger partial charge in [0, 0.05) is 11.5 Å². The van der Waals surface area contributed by atoms with E-state index in [-0.39, 0.29) is 12.1 Å². The number of aromatic nitrogens is 4. The van der Waals surface area contributed by atoms with Gasteiger partial charge < -0.3 is 4.42 Å². The first kappa shape index (κ1) is 17.1. The van der Waals surface area contributed by atoms with Crippen LogP contribution in [0.3, 0.4) is 0 Å². The normalized spacial score (nSPS) is 11.3. The lowest BCUT2D eigenvalue weighted by molar-refractivity contribution is 0.557. The van der Waals surface area contributed by atoms with Crippen LogP contribution in [0.15, 0.2) is 81.1 Å². The van der Waals surface area contributed by atoms with Crippen LogP contribution in [0.5, 0.6) is 0 Å². The molecule has 0 aliphatic rings. The molecule has 142 valence electrons. The summed E-state index contributed by atoms with van der Waals surface area (Å²) < 4.78 is 8.42. The quantitative estimate of drug-likeness (QED) is 0.447. The van der Waals surface area contributed by atoms with E-state index in [1.165, 1.54) is 23.2 Å². The van der Waals surface area contributed by atoms with Crippen molar-refractivity contribution in [2.75, 3.05) is 0 Å². The summed E-state index contributed by atoms with van der Waals surface area (Å²) in [4.78, 5) is 29.5. The Morgan fingerprint density at radius 1 is 1.00 bits per heavy atom. The first-order valence-electron chi connectivity index (χ1n) is 9.12. The molecule has 0 N–H and O–H groups in total. The smallest absolute Gasteiger partial charge is 0.336 e. The van der Waals surface area contributed by atoms with Gasteiger partial charge in [-0.15, -0.1) is 0 Å². The van der Waals surface area contributed by atoms with Crippen LogP contribution in [0.25, 0.3) is 27.7 Å². The molecule has 3 heterocycles. The first-order valence-corrected chi connectivity index (χ1v) is 9.12. The number of benzene rings is 2. The summed E-state index contributed by atoms with van der Waals surface area (Å²) in [6.45, 7) is 2.14. The summed E-state index contributed by atoms with van der Waals surface area (Å²) in [5, 5.41) is 5.53. The maximum absolute atomic E-state index is 13.0. The Morgan fingerprint density at radius 2 is 1.83 bits per heavy atom. The lowest BCUT2D eigenvalue weighted by Gasteiger charge is -2.09. The van der Waals surface area contributed by atoms with Gasteiger partial charge in [-0.05, 0) is 36.2 Å². The third-order valence-corrected chi connectivity index (χ3v) is 4.88. The monoisotopic (exact) mass is 384 g/mol. The van der Waals surface area contributed by atoms with Crippen LogP contribution in [0.1, 0.15) is 11.1 Å². The van der Waals surface area contributed by atoms with E-state index in [1.54, 1.807) is 4.68 Å². The maximum Gasteiger partial charge on any atom is 0.336 e. The van der Waals surface area contributed by atoms with Crippen molar-refractivity contribution in [3.05, 3.63) is 99.0 Å². The Morgan fingerprint density at radius 3 is 2.66 bits per heavy atom. The summed E-state index contributed by atoms with van der Waals surface area (Å²) in [7, 11) is 0. The van der Waals surface area contributed by atoms with Crippen LogP contribution in [0.2, 0.25) is 0 Å². The molecule has 0 atom stereocenters. The minimum atomic E-state index is -0.447. The second-order valence-corrected chi connectivity index (χ2v) is 6.90. The summed E-state index contributed by atoms with van der Waals surface area (Å²) >= 11 is 0. The molecule has 0 amide bonds. The second-order valence-electron chi connectivity index (χ2n) is 6.90. The Balaban J connectivity index is 1.62. The molecule has 0 aliphatic heterocycles.